The lowest BCUT2D eigenvalue weighted by Crippen LogP contribution is -2.33. The van der Waals surface area contributed by atoms with Crippen LogP contribution < -0.4 is 15.4 Å². The summed E-state index contributed by atoms with van der Waals surface area (Å²) in [6, 6.07) is 4.15. The third-order valence-corrected chi connectivity index (χ3v) is 3.52. The van der Waals surface area contributed by atoms with Crippen LogP contribution in [-0.2, 0) is 0 Å². The molecule has 7 nitrogen and oxygen atoms in total. The number of benzene rings is 1. The van der Waals surface area contributed by atoms with Gasteiger partial charge in [-0.25, -0.2) is 0 Å². The Morgan fingerprint density at radius 2 is 2.38 bits per heavy atom. The van der Waals surface area contributed by atoms with Gasteiger partial charge in [0, 0.05) is 37.2 Å². The molecule has 1 heterocycles. The van der Waals surface area contributed by atoms with Gasteiger partial charge in [0.1, 0.15) is 0 Å². The first-order valence-corrected chi connectivity index (χ1v) is 6.96. The molecule has 7 heteroatoms. The lowest BCUT2D eigenvalue weighted by molar-refractivity contribution is -0.385. The zero-order valence-electron chi connectivity index (χ0n) is 11.9. The molecule has 1 aromatic carbocycles. The average molecular weight is 293 g/mol. The Balaban J connectivity index is 2.13. The van der Waals surface area contributed by atoms with Crippen molar-refractivity contribution in [2.24, 2.45) is 5.92 Å². The predicted octanol–water partition coefficient (Wildman–Crippen LogP) is 1.33. The van der Waals surface area contributed by atoms with Crippen molar-refractivity contribution in [2.75, 3.05) is 26.7 Å². The molecule has 2 N–H and O–H groups in total. The number of nitro groups is 1. The van der Waals surface area contributed by atoms with Gasteiger partial charge in [-0.3, -0.25) is 14.9 Å². The highest BCUT2D eigenvalue weighted by Crippen LogP contribution is 2.28. The third kappa shape index (κ3) is 3.91. The lowest BCUT2D eigenvalue weighted by atomic mass is 10.0. The Bertz CT molecular complexity index is 527. The van der Waals surface area contributed by atoms with Gasteiger partial charge in [0.15, 0.2) is 5.75 Å². The molecule has 0 aliphatic carbocycles. The number of carbonyl (C=O) groups excluding carboxylic acids is 1. The molecule has 114 valence electrons. The highest BCUT2D eigenvalue weighted by molar-refractivity contribution is 5.94. The smallest absolute Gasteiger partial charge is 0.310 e. The first-order chi connectivity index (χ1) is 10.1. The number of carbonyl (C=O) groups is 1. The van der Waals surface area contributed by atoms with Crippen LogP contribution in [-0.4, -0.2) is 37.6 Å². The largest absolute Gasteiger partial charge is 0.486 e. The molecule has 0 aromatic heterocycles. The fourth-order valence-corrected chi connectivity index (χ4v) is 2.34. The minimum absolute atomic E-state index is 0.119. The van der Waals surface area contributed by atoms with E-state index in [0.717, 1.165) is 25.9 Å². The second-order valence-electron chi connectivity index (χ2n) is 5.04. The maximum Gasteiger partial charge on any atom is 0.310 e. The van der Waals surface area contributed by atoms with Gasteiger partial charge in [-0.05, 0) is 25.5 Å². The molecule has 1 fully saturated rings. The first kappa shape index (κ1) is 15.2. The van der Waals surface area contributed by atoms with E-state index in [1.165, 1.54) is 25.2 Å². The average Bonchev–Trinajstić information content (AvgIpc) is 2.52. The minimum atomic E-state index is -0.498. The van der Waals surface area contributed by atoms with E-state index in [1.807, 2.05) is 0 Å². The molecule has 21 heavy (non-hydrogen) atoms. The van der Waals surface area contributed by atoms with E-state index in [0.29, 0.717) is 18.1 Å². The molecule has 2 rings (SSSR count). The molecule has 1 aromatic rings. The van der Waals surface area contributed by atoms with Crippen LogP contribution in [0.25, 0.3) is 0 Å². The van der Waals surface area contributed by atoms with Crippen molar-refractivity contribution >= 4 is 11.6 Å². The van der Waals surface area contributed by atoms with Crippen LogP contribution in [0.3, 0.4) is 0 Å². The number of nitrogens with zero attached hydrogens (tertiary/aromatic N) is 1. The number of rotatable bonds is 5. The number of hydrogen-bond acceptors (Lipinski definition) is 5. The van der Waals surface area contributed by atoms with E-state index in [-0.39, 0.29) is 17.3 Å². The molecule has 1 atom stereocenters. The quantitative estimate of drug-likeness (QED) is 0.631. The van der Waals surface area contributed by atoms with Crippen molar-refractivity contribution in [3.63, 3.8) is 0 Å². The Morgan fingerprint density at radius 3 is 3.00 bits per heavy atom. The molecule has 0 spiro atoms. The SMILES string of the molecule is CNC(=O)c1ccc([N+](=O)[O-])c(OCC2CCCNC2)c1. The number of amides is 1. The van der Waals surface area contributed by atoms with Gasteiger partial charge in [0.25, 0.3) is 5.91 Å². The van der Waals surface area contributed by atoms with E-state index in [1.54, 1.807) is 0 Å². The third-order valence-electron chi connectivity index (χ3n) is 3.52. The Labute approximate surface area is 122 Å². The fraction of sp³-hybridized carbons (Fsp3) is 0.500. The van der Waals surface area contributed by atoms with Gasteiger partial charge >= 0.3 is 5.69 Å². The molecule has 0 bridgehead atoms. The van der Waals surface area contributed by atoms with E-state index in [4.69, 9.17) is 4.74 Å². The van der Waals surface area contributed by atoms with Crippen molar-refractivity contribution in [3.05, 3.63) is 33.9 Å². The van der Waals surface area contributed by atoms with Gasteiger partial charge in [0.2, 0.25) is 0 Å². The van der Waals surface area contributed by atoms with Crippen LogP contribution in [0.15, 0.2) is 18.2 Å². The molecule has 0 saturated carbocycles. The van der Waals surface area contributed by atoms with Crippen molar-refractivity contribution in [1.29, 1.82) is 0 Å². The van der Waals surface area contributed by atoms with Crippen LogP contribution in [0.4, 0.5) is 5.69 Å². The highest BCUT2D eigenvalue weighted by atomic mass is 16.6. The number of hydrogen-bond donors (Lipinski definition) is 2. The number of nitrogens with one attached hydrogen (secondary N) is 2. The summed E-state index contributed by atoms with van der Waals surface area (Å²) in [5.41, 5.74) is 0.228. The molecule has 1 aliphatic heterocycles. The van der Waals surface area contributed by atoms with Gasteiger partial charge in [-0.15, -0.1) is 0 Å². The Morgan fingerprint density at radius 1 is 1.57 bits per heavy atom. The Kier molecular flexibility index (Phi) is 5.10. The lowest BCUT2D eigenvalue weighted by Gasteiger charge is -2.22. The maximum absolute atomic E-state index is 11.6. The Hall–Kier alpha value is -2.15. The summed E-state index contributed by atoms with van der Waals surface area (Å²) < 4.78 is 5.61. The van der Waals surface area contributed by atoms with E-state index >= 15 is 0 Å². The second-order valence-corrected chi connectivity index (χ2v) is 5.04. The summed E-state index contributed by atoms with van der Waals surface area (Å²) >= 11 is 0. The number of nitro benzene ring substituents is 1. The summed E-state index contributed by atoms with van der Waals surface area (Å²) in [5.74, 6) is 0.183. The zero-order chi connectivity index (χ0) is 15.2. The fourth-order valence-electron chi connectivity index (χ4n) is 2.34. The van der Waals surface area contributed by atoms with Gasteiger partial charge in [-0.1, -0.05) is 0 Å². The van der Waals surface area contributed by atoms with Gasteiger partial charge in [0.05, 0.1) is 11.5 Å². The summed E-state index contributed by atoms with van der Waals surface area (Å²) in [7, 11) is 1.51. The normalized spacial score (nSPS) is 18.0. The molecular formula is C14H19N3O4. The highest BCUT2D eigenvalue weighted by Gasteiger charge is 2.20. The van der Waals surface area contributed by atoms with Gasteiger partial charge < -0.3 is 15.4 Å². The molecule has 1 saturated heterocycles. The molecule has 1 unspecified atom stereocenters. The summed E-state index contributed by atoms with van der Waals surface area (Å²) in [5, 5.41) is 16.8. The standard InChI is InChI=1S/C14H19N3O4/c1-15-14(18)11-4-5-12(17(19)20)13(7-11)21-9-10-3-2-6-16-8-10/h4-5,7,10,16H,2-3,6,8-9H2,1H3,(H,15,18). The summed E-state index contributed by atoms with van der Waals surface area (Å²) in [6.07, 6.45) is 2.12. The zero-order valence-corrected chi connectivity index (χ0v) is 11.9. The van der Waals surface area contributed by atoms with Crippen molar-refractivity contribution in [2.45, 2.75) is 12.8 Å². The molecule has 1 aliphatic rings. The van der Waals surface area contributed by atoms with Crippen LogP contribution >= 0.6 is 0 Å². The summed E-state index contributed by atoms with van der Waals surface area (Å²) in [4.78, 5) is 22.1. The summed E-state index contributed by atoms with van der Waals surface area (Å²) in [6.45, 7) is 2.26. The monoisotopic (exact) mass is 293 g/mol. The second kappa shape index (κ2) is 7.03. The van der Waals surface area contributed by atoms with Crippen LogP contribution in [0.2, 0.25) is 0 Å². The maximum atomic E-state index is 11.6. The minimum Gasteiger partial charge on any atom is -0.486 e. The first-order valence-electron chi connectivity index (χ1n) is 6.96. The molecule has 1 amide bonds. The van der Waals surface area contributed by atoms with Crippen molar-refractivity contribution in [3.8, 4) is 5.75 Å². The van der Waals surface area contributed by atoms with Gasteiger partial charge in [-0.2, -0.15) is 0 Å². The van der Waals surface area contributed by atoms with Crippen molar-refractivity contribution in [1.82, 2.24) is 10.6 Å². The van der Waals surface area contributed by atoms with E-state index in [2.05, 4.69) is 10.6 Å². The van der Waals surface area contributed by atoms with Crippen LogP contribution in [0.5, 0.6) is 5.75 Å². The van der Waals surface area contributed by atoms with Crippen LogP contribution in [0.1, 0.15) is 23.2 Å². The van der Waals surface area contributed by atoms with E-state index < -0.39 is 4.92 Å². The van der Waals surface area contributed by atoms with Crippen LogP contribution in [0, 0.1) is 16.0 Å². The van der Waals surface area contributed by atoms with Crippen molar-refractivity contribution < 1.29 is 14.5 Å². The number of ether oxygens (including phenoxy) is 1. The van der Waals surface area contributed by atoms with E-state index in [9.17, 15) is 14.9 Å². The number of piperidine rings is 1. The topological polar surface area (TPSA) is 93.5 Å². The molecular weight excluding hydrogens is 274 g/mol. The predicted molar refractivity (Wildman–Crippen MR) is 77.6 cm³/mol. The molecule has 0 radical (unpaired) electrons.